The minimum absolute atomic E-state index is 0.568. The summed E-state index contributed by atoms with van der Waals surface area (Å²) in [6.45, 7) is 0.759. The van der Waals surface area contributed by atoms with Crippen LogP contribution in [-0.2, 0) is 13.5 Å². The van der Waals surface area contributed by atoms with Gasteiger partial charge in [-0.15, -0.1) is 0 Å². The zero-order valence-corrected chi connectivity index (χ0v) is 17.5. The molecule has 0 saturated heterocycles. The van der Waals surface area contributed by atoms with Gasteiger partial charge < -0.3 is 24.9 Å². The normalized spacial score (nSPS) is 11.2. The van der Waals surface area contributed by atoms with Crippen molar-refractivity contribution in [1.82, 2.24) is 19.5 Å². The predicted octanol–water partition coefficient (Wildman–Crippen LogP) is 4.86. The average Bonchev–Trinajstić information content (AvgIpc) is 3.38. The molecule has 0 radical (unpaired) electrons. The van der Waals surface area contributed by atoms with Gasteiger partial charge in [-0.2, -0.15) is 4.98 Å². The second-order valence-corrected chi connectivity index (χ2v) is 7.46. The van der Waals surface area contributed by atoms with Crippen LogP contribution in [0.4, 0.5) is 17.5 Å². The van der Waals surface area contributed by atoms with Crippen molar-refractivity contribution >= 4 is 39.3 Å². The van der Waals surface area contributed by atoms with E-state index in [0.29, 0.717) is 5.95 Å². The summed E-state index contributed by atoms with van der Waals surface area (Å²) in [5, 5.41) is 9.07. The van der Waals surface area contributed by atoms with Crippen molar-refractivity contribution in [3.05, 3.63) is 72.7 Å². The number of benzene rings is 2. The molecule has 3 heterocycles. The van der Waals surface area contributed by atoms with Crippen LogP contribution in [0.25, 0.3) is 21.8 Å². The Morgan fingerprint density at radius 2 is 2.03 bits per heavy atom. The molecule has 5 rings (SSSR count). The van der Waals surface area contributed by atoms with Crippen LogP contribution in [0.1, 0.15) is 5.56 Å². The number of nitrogens with zero attached hydrogens (tertiary/aromatic N) is 3. The SMILES string of the molecule is COc1ccc2[nH]cc(CCNc3ccnc(Nc4cccc5c4ccn5C)n3)c2c1. The van der Waals surface area contributed by atoms with E-state index in [1.165, 1.54) is 10.9 Å². The molecule has 0 aliphatic rings. The van der Waals surface area contributed by atoms with Gasteiger partial charge in [-0.25, -0.2) is 4.98 Å². The highest BCUT2D eigenvalue weighted by Crippen LogP contribution is 2.26. The highest BCUT2D eigenvalue weighted by Gasteiger charge is 2.08. The summed E-state index contributed by atoms with van der Waals surface area (Å²) in [5.74, 6) is 2.22. The van der Waals surface area contributed by atoms with Crippen molar-refractivity contribution in [2.24, 2.45) is 7.05 Å². The maximum Gasteiger partial charge on any atom is 0.229 e. The highest BCUT2D eigenvalue weighted by molar-refractivity contribution is 5.93. The van der Waals surface area contributed by atoms with Gasteiger partial charge in [0.1, 0.15) is 11.6 Å². The van der Waals surface area contributed by atoms with E-state index in [-0.39, 0.29) is 0 Å². The van der Waals surface area contributed by atoms with Crippen LogP contribution in [0.15, 0.2) is 67.1 Å². The minimum atomic E-state index is 0.568. The third-order valence-electron chi connectivity index (χ3n) is 5.51. The number of rotatable bonds is 7. The van der Waals surface area contributed by atoms with Crippen LogP contribution in [0.2, 0.25) is 0 Å². The number of aromatic amines is 1. The number of ether oxygens (including phenoxy) is 1. The molecule has 2 aromatic carbocycles. The Bertz CT molecular complexity index is 1350. The maximum absolute atomic E-state index is 5.36. The van der Waals surface area contributed by atoms with E-state index in [2.05, 4.69) is 60.7 Å². The van der Waals surface area contributed by atoms with Gasteiger partial charge in [0.15, 0.2) is 0 Å². The summed E-state index contributed by atoms with van der Waals surface area (Å²) in [6.07, 6.45) is 6.73. The van der Waals surface area contributed by atoms with Crippen LogP contribution in [0.3, 0.4) is 0 Å². The van der Waals surface area contributed by atoms with E-state index >= 15 is 0 Å². The lowest BCUT2D eigenvalue weighted by atomic mass is 10.1. The van der Waals surface area contributed by atoms with Gasteiger partial charge in [-0.1, -0.05) is 6.07 Å². The van der Waals surface area contributed by atoms with Gasteiger partial charge in [0.2, 0.25) is 5.95 Å². The Balaban J connectivity index is 1.28. The molecule has 3 N–H and O–H groups in total. The molecule has 7 heteroatoms. The number of aromatic nitrogens is 4. The molecular weight excluding hydrogens is 388 g/mol. The molecule has 3 aromatic heterocycles. The Morgan fingerprint density at radius 1 is 1.10 bits per heavy atom. The van der Waals surface area contributed by atoms with Crippen molar-refractivity contribution in [3.63, 3.8) is 0 Å². The number of H-pyrrole nitrogens is 1. The summed E-state index contributed by atoms with van der Waals surface area (Å²) >= 11 is 0. The lowest BCUT2D eigenvalue weighted by Crippen LogP contribution is -2.07. The van der Waals surface area contributed by atoms with E-state index < -0.39 is 0 Å². The van der Waals surface area contributed by atoms with Crippen LogP contribution >= 0.6 is 0 Å². The zero-order valence-electron chi connectivity index (χ0n) is 17.5. The summed E-state index contributed by atoms with van der Waals surface area (Å²) in [4.78, 5) is 12.3. The van der Waals surface area contributed by atoms with Gasteiger partial charge in [-0.3, -0.25) is 0 Å². The third-order valence-corrected chi connectivity index (χ3v) is 5.51. The number of nitrogens with one attached hydrogen (secondary N) is 3. The summed E-state index contributed by atoms with van der Waals surface area (Å²) in [5.41, 5.74) is 4.50. The van der Waals surface area contributed by atoms with Crippen molar-refractivity contribution in [2.75, 3.05) is 24.3 Å². The molecule has 0 spiro atoms. The van der Waals surface area contributed by atoms with E-state index in [1.54, 1.807) is 13.3 Å². The fourth-order valence-corrected chi connectivity index (χ4v) is 3.87. The molecule has 5 aromatic rings. The fraction of sp³-hybridized carbons (Fsp3) is 0.167. The van der Waals surface area contributed by atoms with E-state index in [0.717, 1.165) is 46.6 Å². The van der Waals surface area contributed by atoms with Crippen molar-refractivity contribution in [3.8, 4) is 5.75 Å². The first-order valence-corrected chi connectivity index (χ1v) is 10.2. The van der Waals surface area contributed by atoms with Crippen LogP contribution in [0, 0.1) is 0 Å². The third kappa shape index (κ3) is 3.77. The van der Waals surface area contributed by atoms with Crippen LogP contribution < -0.4 is 15.4 Å². The quantitative estimate of drug-likeness (QED) is 0.356. The molecular formula is C24H24N6O. The first-order chi connectivity index (χ1) is 15.2. The Kier molecular flexibility index (Phi) is 4.92. The monoisotopic (exact) mass is 412 g/mol. The smallest absolute Gasteiger partial charge is 0.229 e. The number of anilines is 3. The maximum atomic E-state index is 5.36. The molecule has 0 aliphatic carbocycles. The molecule has 0 aliphatic heterocycles. The van der Waals surface area contributed by atoms with Crippen LogP contribution in [-0.4, -0.2) is 33.2 Å². The first-order valence-electron chi connectivity index (χ1n) is 10.2. The summed E-state index contributed by atoms with van der Waals surface area (Å²) in [7, 11) is 3.73. The standard InChI is InChI=1S/C24H24N6O/c1-30-13-10-18-21(4-3-5-22(18)30)28-24-26-12-9-23(29-24)25-11-8-16-15-27-20-7-6-17(31-2)14-19(16)20/h3-7,9-10,12-15,27H,8,11H2,1-2H3,(H2,25,26,28,29). The Morgan fingerprint density at radius 3 is 2.94 bits per heavy atom. The molecule has 31 heavy (non-hydrogen) atoms. The topological polar surface area (TPSA) is 79.8 Å². The number of fused-ring (bicyclic) bond motifs is 2. The first kappa shape index (κ1) is 19.0. The summed E-state index contributed by atoms with van der Waals surface area (Å²) < 4.78 is 7.45. The summed E-state index contributed by atoms with van der Waals surface area (Å²) in [6, 6.07) is 16.2. The second-order valence-electron chi connectivity index (χ2n) is 7.46. The number of aryl methyl sites for hydroxylation is 1. The van der Waals surface area contributed by atoms with Gasteiger partial charge in [0, 0.05) is 54.0 Å². The van der Waals surface area contributed by atoms with Crippen LogP contribution in [0.5, 0.6) is 5.75 Å². The lowest BCUT2D eigenvalue weighted by Gasteiger charge is -2.09. The van der Waals surface area contributed by atoms with Gasteiger partial charge >= 0.3 is 0 Å². The van der Waals surface area contributed by atoms with Gasteiger partial charge in [-0.05, 0) is 54.4 Å². The highest BCUT2D eigenvalue weighted by atomic mass is 16.5. The minimum Gasteiger partial charge on any atom is -0.497 e. The molecule has 7 nitrogen and oxygen atoms in total. The largest absolute Gasteiger partial charge is 0.497 e. The van der Waals surface area contributed by atoms with Gasteiger partial charge in [0.25, 0.3) is 0 Å². The molecule has 0 bridgehead atoms. The van der Waals surface area contributed by atoms with Crippen molar-refractivity contribution in [2.45, 2.75) is 6.42 Å². The predicted molar refractivity (Wildman–Crippen MR) is 125 cm³/mol. The molecule has 156 valence electrons. The fourth-order valence-electron chi connectivity index (χ4n) is 3.87. The van der Waals surface area contributed by atoms with E-state index in [9.17, 15) is 0 Å². The van der Waals surface area contributed by atoms with Crippen molar-refractivity contribution < 1.29 is 4.74 Å². The number of hydrogen-bond donors (Lipinski definition) is 3. The number of methoxy groups -OCH3 is 1. The van der Waals surface area contributed by atoms with E-state index in [4.69, 9.17) is 4.74 Å². The molecule has 0 unspecified atom stereocenters. The zero-order chi connectivity index (χ0) is 21.2. The molecule has 0 fully saturated rings. The molecule has 0 saturated carbocycles. The average molecular weight is 412 g/mol. The molecule has 0 atom stereocenters. The molecule has 0 amide bonds. The van der Waals surface area contributed by atoms with E-state index in [1.807, 2.05) is 37.4 Å². The van der Waals surface area contributed by atoms with Gasteiger partial charge in [0.05, 0.1) is 12.8 Å². The van der Waals surface area contributed by atoms with Crippen molar-refractivity contribution in [1.29, 1.82) is 0 Å². The Hall–Kier alpha value is -4.00. The lowest BCUT2D eigenvalue weighted by molar-refractivity contribution is 0.415. The second kappa shape index (κ2) is 8.02. The Labute approximate surface area is 180 Å². The number of hydrogen-bond acceptors (Lipinski definition) is 5.